The van der Waals surface area contributed by atoms with Crippen molar-refractivity contribution in [2.24, 2.45) is 0 Å². The van der Waals surface area contributed by atoms with Gasteiger partial charge in [-0.2, -0.15) is 5.10 Å². The normalized spacial score (nSPS) is 10.8. The van der Waals surface area contributed by atoms with Gasteiger partial charge in [0.2, 0.25) is 5.91 Å². The summed E-state index contributed by atoms with van der Waals surface area (Å²) in [6.45, 7) is 3.57. The molecule has 106 valence electrons. The molecule has 1 amide bonds. The molecule has 21 heavy (non-hydrogen) atoms. The van der Waals surface area contributed by atoms with Crippen molar-refractivity contribution in [3.05, 3.63) is 48.3 Å². The summed E-state index contributed by atoms with van der Waals surface area (Å²) in [4.78, 5) is 15.6. The van der Waals surface area contributed by atoms with Crippen molar-refractivity contribution in [1.29, 1.82) is 0 Å². The fourth-order valence-electron chi connectivity index (χ4n) is 2.37. The topological polar surface area (TPSA) is 59.8 Å². The maximum atomic E-state index is 11.2. The standard InChI is InChI=1S/C16H16N4O/c1-3-12-9-14(6-7-15(12)19-11(2)21)20-16-13(10-18-20)5-4-8-17-16/h4-10H,3H2,1-2H3,(H,19,21). The number of hydrogen-bond acceptors (Lipinski definition) is 3. The number of amides is 1. The second-order valence-corrected chi connectivity index (χ2v) is 4.85. The van der Waals surface area contributed by atoms with E-state index >= 15 is 0 Å². The number of hydrogen-bond donors (Lipinski definition) is 1. The number of aromatic nitrogens is 3. The average Bonchev–Trinajstić information content (AvgIpc) is 2.91. The van der Waals surface area contributed by atoms with E-state index in [1.54, 1.807) is 12.4 Å². The van der Waals surface area contributed by atoms with Gasteiger partial charge < -0.3 is 5.32 Å². The molecule has 5 nitrogen and oxygen atoms in total. The zero-order valence-electron chi connectivity index (χ0n) is 12.0. The Bertz CT molecular complexity index is 807. The maximum absolute atomic E-state index is 11.2. The van der Waals surface area contributed by atoms with E-state index in [1.807, 2.05) is 35.0 Å². The number of pyridine rings is 1. The van der Waals surface area contributed by atoms with E-state index in [1.165, 1.54) is 6.92 Å². The van der Waals surface area contributed by atoms with Crippen LogP contribution < -0.4 is 5.32 Å². The van der Waals surface area contributed by atoms with E-state index in [0.717, 1.165) is 34.4 Å². The van der Waals surface area contributed by atoms with Crippen molar-refractivity contribution in [2.75, 3.05) is 5.32 Å². The highest BCUT2D eigenvalue weighted by molar-refractivity contribution is 5.89. The molecule has 0 fully saturated rings. The molecular formula is C16H16N4O. The van der Waals surface area contributed by atoms with E-state index in [2.05, 4.69) is 22.3 Å². The number of fused-ring (bicyclic) bond motifs is 1. The fraction of sp³-hybridized carbons (Fsp3) is 0.188. The molecule has 0 atom stereocenters. The van der Waals surface area contributed by atoms with E-state index in [4.69, 9.17) is 0 Å². The molecule has 1 N–H and O–H groups in total. The molecule has 2 heterocycles. The summed E-state index contributed by atoms with van der Waals surface area (Å²) in [7, 11) is 0. The van der Waals surface area contributed by atoms with Gasteiger partial charge in [0, 0.05) is 24.2 Å². The molecule has 0 radical (unpaired) electrons. The minimum absolute atomic E-state index is 0.0661. The SMILES string of the molecule is CCc1cc(-n2ncc3cccnc32)ccc1NC(C)=O. The highest BCUT2D eigenvalue weighted by atomic mass is 16.1. The summed E-state index contributed by atoms with van der Waals surface area (Å²) in [5.41, 5.74) is 3.68. The van der Waals surface area contributed by atoms with Gasteiger partial charge in [-0.15, -0.1) is 0 Å². The van der Waals surface area contributed by atoms with Crippen LogP contribution in [0.15, 0.2) is 42.7 Å². The van der Waals surface area contributed by atoms with Gasteiger partial charge in [-0.3, -0.25) is 4.79 Å². The van der Waals surface area contributed by atoms with E-state index in [0.29, 0.717) is 0 Å². The van der Waals surface area contributed by atoms with Gasteiger partial charge in [0.15, 0.2) is 5.65 Å². The lowest BCUT2D eigenvalue weighted by Gasteiger charge is -2.11. The second kappa shape index (κ2) is 5.36. The van der Waals surface area contributed by atoms with Gasteiger partial charge in [0.1, 0.15) is 0 Å². The van der Waals surface area contributed by atoms with Crippen LogP contribution in [-0.2, 0) is 11.2 Å². The molecule has 0 saturated heterocycles. The van der Waals surface area contributed by atoms with Crippen molar-refractivity contribution in [3.63, 3.8) is 0 Å². The monoisotopic (exact) mass is 280 g/mol. The summed E-state index contributed by atoms with van der Waals surface area (Å²) >= 11 is 0. The van der Waals surface area contributed by atoms with Gasteiger partial charge in [-0.1, -0.05) is 6.92 Å². The third kappa shape index (κ3) is 2.50. The number of carbonyl (C=O) groups excluding carboxylic acids is 1. The van der Waals surface area contributed by atoms with Gasteiger partial charge >= 0.3 is 0 Å². The van der Waals surface area contributed by atoms with Crippen LogP contribution in [0.1, 0.15) is 19.4 Å². The lowest BCUT2D eigenvalue weighted by molar-refractivity contribution is -0.114. The molecular weight excluding hydrogens is 264 g/mol. The molecule has 2 aromatic heterocycles. The van der Waals surface area contributed by atoms with Crippen LogP contribution in [0.2, 0.25) is 0 Å². The van der Waals surface area contributed by atoms with E-state index in [-0.39, 0.29) is 5.91 Å². The minimum Gasteiger partial charge on any atom is -0.326 e. The molecule has 0 aliphatic heterocycles. The van der Waals surface area contributed by atoms with Crippen LogP contribution in [-0.4, -0.2) is 20.7 Å². The predicted molar refractivity (Wildman–Crippen MR) is 82.5 cm³/mol. The largest absolute Gasteiger partial charge is 0.326 e. The zero-order chi connectivity index (χ0) is 14.8. The summed E-state index contributed by atoms with van der Waals surface area (Å²) in [5, 5.41) is 8.25. The van der Waals surface area contributed by atoms with Crippen LogP contribution in [0.25, 0.3) is 16.7 Å². The smallest absolute Gasteiger partial charge is 0.221 e. The Labute approximate surface area is 122 Å². The number of anilines is 1. The number of rotatable bonds is 3. The van der Waals surface area contributed by atoms with Crippen molar-refractivity contribution in [1.82, 2.24) is 14.8 Å². The van der Waals surface area contributed by atoms with Gasteiger partial charge in [-0.05, 0) is 42.3 Å². The molecule has 3 rings (SSSR count). The summed E-state index contributed by atoms with van der Waals surface area (Å²) < 4.78 is 1.81. The summed E-state index contributed by atoms with van der Waals surface area (Å²) in [6, 6.07) is 9.76. The zero-order valence-corrected chi connectivity index (χ0v) is 12.0. The second-order valence-electron chi connectivity index (χ2n) is 4.85. The Hall–Kier alpha value is -2.69. The predicted octanol–water partition coefficient (Wildman–Crippen LogP) is 2.94. The number of benzene rings is 1. The van der Waals surface area contributed by atoms with Crippen LogP contribution in [0.5, 0.6) is 0 Å². The molecule has 0 bridgehead atoms. The molecule has 0 unspecified atom stereocenters. The summed E-state index contributed by atoms with van der Waals surface area (Å²) in [5.74, 6) is -0.0661. The van der Waals surface area contributed by atoms with Crippen LogP contribution in [0.3, 0.4) is 0 Å². The first-order valence-corrected chi connectivity index (χ1v) is 6.88. The quantitative estimate of drug-likeness (QED) is 0.802. The maximum Gasteiger partial charge on any atom is 0.221 e. The number of nitrogens with one attached hydrogen (secondary N) is 1. The lowest BCUT2D eigenvalue weighted by atomic mass is 10.1. The average molecular weight is 280 g/mol. The van der Waals surface area contributed by atoms with Gasteiger partial charge in [-0.25, -0.2) is 9.67 Å². The Morgan fingerprint density at radius 3 is 2.95 bits per heavy atom. The van der Waals surface area contributed by atoms with Crippen LogP contribution in [0, 0.1) is 0 Å². The first kappa shape index (κ1) is 13.3. The molecule has 0 saturated carbocycles. The van der Waals surface area contributed by atoms with Gasteiger partial charge in [0.05, 0.1) is 11.9 Å². The summed E-state index contributed by atoms with van der Waals surface area (Å²) in [6.07, 6.45) is 4.39. The minimum atomic E-state index is -0.0661. The molecule has 3 aromatic rings. The van der Waals surface area contributed by atoms with E-state index < -0.39 is 0 Å². The highest BCUT2D eigenvalue weighted by Crippen LogP contribution is 2.22. The molecule has 1 aromatic carbocycles. The Morgan fingerprint density at radius 2 is 2.19 bits per heavy atom. The number of aryl methyl sites for hydroxylation is 1. The molecule has 0 spiro atoms. The van der Waals surface area contributed by atoms with Gasteiger partial charge in [0.25, 0.3) is 0 Å². The van der Waals surface area contributed by atoms with Crippen LogP contribution in [0.4, 0.5) is 5.69 Å². The first-order valence-electron chi connectivity index (χ1n) is 6.88. The third-order valence-corrected chi connectivity index (χ3v) is 3.35. The van der Waals surface area contributed by atoms with Crippen molar-refractivity contribution < 1.29 is 4.79 Å². The Morgan fingerprint density at radius 1 is 1.33 bits per heavy atom. The first-order chi connectivity index (χ1) is 10.2. The number of carbonyl (C=O) groups is 1. The van der Waals surface area contributed by atoms with Crippen molar-refractivity contribution in [3.8, 4) is 5.69 Å². The Kier molecular flexibility index (Phi) is 3.39. The lowest BCUT2D eigenvalue weighted by Crippen LogP contribution is -2.08. The third-order valence-electron chi connectivity index (χ3n) is 3.35. The Balaban J connectivity index is 2.09. The van der Waals surface area contributed by atoms with Crippen LogP contribution >= 0.6 is 0 Å². The highest BCUT2D eigenvalue weighted by Gasteiger charge is 2.09. The molecule has 5 heteroatoms. The fourth-order valence-corrected chi connectivity index (χ4v) is 2.37. The van der Waals surface area contributed by atoms with Crippen molar-refractivity contribution in [2.45, 2.75) is 20.3 Å². The van der Waals surface area contributed by atoms with Crippen molar-refractivity contribution >= 4 is 22.6 Å². The molecule has 0 aliphatic carbocycles. The van der Waals surface area contributed by atoms with E-state index in [9.17, 15) is 4.79 Å². The molecule has 0 aliphatic rings. The number of nitrogens with zero attached hydrogens (tertiary/aromatic N) is 3.